The molecular weight excluding hydrogens is 473 g/mol. The van der Waals surface area contributed by atoms with Crippen LogP contribution in [0.4, 0.5) is 10.7 Å². The Labute approximate surface area is 203 Å². The number of hydrogen-bond donors (Lipinski definition) is 2. The summed E-state index contributed by atoms with van der Waals surface area (Å²) in [7, 11) is -2.59. The summed E-state index contributed by atoms with van der Waals surface area (Å²) in [5.74, 6) is 0.114. The number of imidazole rings is 1. The van der Waals surface area contributed by atoms with Crippen molar-refractivity contribution in [3.8, 4) is 5.75 Å². The molecule has 0 atom stereocenters. The molecule has 0 aliphatic carbocycles. The summed E-state index contributed by atoms with van der Waals surface area (Å²) in [5.41, 5.74) is 0.266. The van der Waals surface area contributed by atoms with E-state index < -0.39 is 25.1 Å². The first-order chi connectivity index (χ1) is 16.1. The maximum atomic E-state index is 13.3. The first kappa shape index (κ1) is 26.4. The molecule has 0 fully saturated rings. The number of nitrogens with zero attached hydrogens (tertiary/aromatic N) is 2. The Morgan fingerprint density at radius 3 is 2.00 bits per heavy atom. The molecule has 188 valence electrons. The van der Waals surface area contributed by atoms with Gasteiger partial charge in [0.25, 0.3) is 0 Å². The molecule has 0 aliphatic heterocycles. The summed E-state index contributed by atoms with van der Waals surface area (Å²) in [5, 5.41) is 9.12. The molecule has 1 amide bonds. The molecule has 1 aromatic heterocycles. The van der Waals surface area contributed by atoms with Gasteiger partial charge >= 0.3 is 13.9 Å². The Kier molecular flexibility index (Phi) is 7.13. The number of aromatic amines is 1. The molecule has 0 saturated carbocycles. The van der Waals surface area contributed by atoms with E-state index in [-0.39, 0.29) is 17.5 Å². The van der Waals surface area contributed by atoms with Crippen LogP contribution in [0.1, 0.15) is 57.5 Å². The maximum Gasteiger partial charge on any atom is 0.531 e. The second-order valence-electron chi connectivity index (χ2n) is 9.93. The van der Waals surface area contributed by atoms with E-state index in [1.807, 2.05) is 0 Å². The molecule has 0 aliphatic rings. The summed E-state index contributed by atoms with van der Waals surface area (Å²) in [6, 6.07) is 11.0. The Hall–Kier alpha value is -3.20. The van der Waals surface area contributed by atoms with Gasteiger partial charge < -0.3 is 14.6 Å². The van der Waals surface area contributed by atoms with Crippen LogP contribution in [0.15, 0.2) is 42.5 Å². The van der Waals surface area contributed by atoms with Crippen LogP contribution in [0, 0.1) is 0 Å². The van der Waals surface area contributed by atoms with E-state index in [1.165, 1.54) is 19.2 Å². The molecule has 0 radical (unpaired) electrons. The van der Waals surface area contributed by atoms with Gasteiger partial charge in [0.1, 0.15) is 5.75 Å². The average molecular weight is 503 g/mol. The lowest BCUT2D eigenvalue weighted by Crippen LogP contribution is -2.25. The Bertz CT molecular complexity index is 1270. The number of aromatic nitrogens is 2. The molecule has 10 nitrogen and oxygen atoms in total. The highest BCUT2D eigenvalue weighted by Gasteiger charge is 2.38. The minimum atomic E-state index is -3.96. The van der Waals surface area contributed by atoms with E-state index in [2.05, 4.69) is 9.97 Å². The largest absolute Gasteiger partial charge is 0.531 e. The maximum absolute atomic E-state index is 13.3. The zero-order valence-corrected chi connectivity index (χ0v) is 21.7. The number of anilines is 1. The third kappa shape index (κ3) is 6.91. The van der Waals surface area contributed by atoms with Gasteiger partial charge in [-0.25, -0.2) is 14.3 Å². The zero-order valence-electron chi connectivity index (χ0n) is 20.8. The van der Waals surface area contributed by atoms with Gasteiger partial charge in [-0.1, -0.05) is 0 Å². The van der Waals surface area contributed by atoms with Gasteiger partial charge in [-0.15, -0.1) is 0 Å². The Morgan fingerprint density at radius 2 is 1.49 bits per heavy atom. The highest BCUT2D eigenvalue weighted by atomic mass is 31.2. The molecule has 2 N–H and O–H groups in total. The topological polar surface area (TPSA) is 131 Å². The summed E-state index contributed by atoms with van der Waals surface area (Å²) in [4.78, 5) is 32.2. The number of nitrogens with one attached hydrogen (secondary N) is 1. The number of phosphoric acid groups is 1. The Morgan fingerprint density at radius 1 is 0.943 bits per heavy atom. The molecule has 3 rings (SSSR count). The van der Waals surface area contributed by atoms with E-state index in [0.717, 1.165) is 4.90 Å². The van der Waals surface area contributed by atoms with Crippen molar-refractivity contribution in [1.29, 1.82) is 0 Å². The van der Waals surface area contributed by atoms with Gasteiger partial charge in [0.15, 0.2) is 5.78 Å². The lowest BCUT2D eigenvalue weighted by Gasteiger charge is -2.30. The van der Waals surface area contributed by atoms with Crippen molar-refractivity contribution >= 4 is 36.7 Å². The van der Waals surface area contributed by atoms with Crippen LogP contribution < -0.4 is 9.42 Å². The fourth-order valence-corrected chi connectivity index (χ4v) is 4.91. The van der Waals surface area contributed by atoms with E-state index in [9.17, 15) is 14.2 Å². The number of carboxylic acid groups (broad SMARTS) is 1. The smallest absolute Gasteiger partial charge is 0.465 e. The number of ketones is 1. The van der Waals surface area contributed by atoms with E-state index in [0.29, 0.717) is 22.2 Å². The lowest BCUT2D eigenvalue weighted by molar-refractivity contribution is 0.0224. The molecule has 0 unspecified atom stereocenters. The number of carbonyl (C=O) groups excluding carboxylic acids is 1. The summed E-state index contributed by atoms with van der Waals surface area (Å²) < 4.78 is 30.2. The minimum Gasteiger partial charge on any atom is -0.465 e. The quantitative estimate of drug-likeness (QED) is 0.295. The summed E-state index contributed by atoms with van der Waals surface area (Å²) >= 11 is 0. The monoisotopic (exact) mass is 503 g/mol. The normalized spacial score (nSPS) is 12.5. The molecule has 3 aromatic rings. The van der Waals surface area contributed by atoms with Crippen LogP contribution in [0.2, 0.25) is 0 Å². The number of amides is 1. The van der Waals surface area contributed by atoms with E-state index in [1.54, 1.807) is 71.9 Å². The van der Waals surface area contributed by atoms with Crippen LogP contribution in [-0.2, 0) is 13.6 Å². The number of rotatable bonds is 7. The molecule has 2 aromatic carbocycles. The Balaban J connectivity index is 1.82. The average Bonchev–Trinajstić information content (AvgIpc) is 3.13. The molecule has 0 bridgehead atoms. The van der Waals surface area contributed by atoms with Crippen molar-refractivity contribution < 1.29 is 32.8 Å². The minimum absolute atomic E-state index is 0.151. The lowest BCUT2D eigenvalue weighted by atomic mass is 10.0. The van der Waals surface area contributed by atoms with Crippen LogP contribution in [0.25, 0.3) is 11.0 Å². The highest BCUT2D eigenvalue weighted by molar-refractivity contribution is 7.49. The van der Waals surface area contributed by atoms with Crippen LogP contribution >= 0.6 is 7.82 Å². The van der Waals surface area contributed by atoms with Crippen molar-refractivity contribution in [3.63, 3.8) is 0 Å². The molecule has 0 spiro atoms. The van der Waals surface area contributed by atoms with Crippen molar-refractivity contribution in [2.45, 2.75) is 52.7 Å². The highest BCUT2D eigenvalue weighted by Crippen LogP contribution is 2.55. The number of phosphoric ester groups is 1. The molecule has 0 saturated heterocycles. The second kappa shape index (κ2) is 9.45. The van der Waals surface area contributed by atoms with Crippen LogP contribution in [-0.4, -0.2) is 45.2 Å². The SMILES string of the molecule is CN(C(=O)O)c1nc2ccc(C(=O)c3ccc(OP(=O)(OC(C)(C)C)OC(C)(C)C)cc3)cc2[nH]1. The third-order valence-corrected chi connectivity index (χ3v) is 6.42. The summed E-state index contributed by atoms with van der Waals surface area (Å²) in [6.07, 6.45) is -1.16. The van der Waals surface area contributed by atoms with Gasteiger partial charge in [0.05, 0.1) is 22.2 Å². The van der Waals surface area contributed by atoms with Crippen molar-refractivity contribution in [3.05, 3.63) is 53.6 Å². The molecule has 35 heavy (non-hydrogen) atoms. The third-order valence-electron chi connectivity index (χ3n) is 4.44. The van der Waals surface area contributed by atoms with Crippen molar-refractivity contribution in [1.82, 2.24) is 9.97 Å². The van der Waals surface area contributed by atoms with Crippen molar-refractivity contribution in [2.75, 3.05) is 11.9 Å². The predicted molar refractivity (Wildman–Crippen MR) is 132 cm³/mol. The van der Waals surface area contributed by atoms with Crippen LogP contribution in [0.3, 0.4) is 0 Å². The van der Waals surface area contributed by atoms with Crippen LogP contribution in [0.5, 0.6) is 5.75 Å². The summed E-state index contributed by atoms with van der Waals surface area (Å²) in [6.45, 7) is 10.5. The molecule has 11 heteroatoms. The van der Waals surface area contributed by atoms with E-state index in [4.69, 9.17) is 18.7 Å². The first-order valence-corrected chi connectivity index (χ1v) is 12.3. The van der Waals surface area contributed by atoms with Gasteiger partial charge in [0.2, 0.25) is 5.95 Å². The zero-order chi connectivity index (χ0) is 26.2. The number of benzene rings is 2. The van der Waals surface area contributed by atoms with Gasteiger partial charge in [-0.05, 0) is 84.0 Å². The number of carbonyl (C=O) groups is 2. The van der Waals surface area contributed by atoms with Gasteiger partial charge in [-0.2, -0.15) is 0 Å². The fraction of sp³-hybridized carbons (Fsp3) is 0.375. The van der Waals surface area contributed by atoms with Gasteiger partial charge in [-0.3, -0.25) is 18.7 Å². The number of H-pyrrole nitrogens is 1. The number of fused-ring (bicyclic) bond motifs is 1. The van der Waals surface area contributed by atoms with E-state index >= 15 is 0 Å². The number of hydrogen-bond acceptors (Lipinski definition) is 7. The first-order valence-electron chi connectivity index (χ1n) is 10.9. The predicted octanol–water partition coefficient (Wildman–Crippen LogP) is 6.03. The molecular formula is C24H30N3O7P. The van der Waals surface area contributed by atoms with Gasteiger partial charge in [0, 0.05) is 18.2 Å². The second-order valence-corrected chi connectivity index (χ2v) is 11.4. The fourth-order valence-electron chi connectivity index (χ4n) is 3.08. The standard InChI is InChI=1S/C24H30N3O7P/c1-23(2,3)33-35(31,34-24(4,5)6)32-17-11-8-15(9-12-17)20(28)16-10-13-18-19(14-16)26-21(25-18)27(7)22(29)30/h8-14H,1-7H3,(H,25,26)(H,29,30). The van der Waals surface area contributed by atoms with Crippen molar-refractivity contribution in [2.24, 2.45) is 0 Å². The molecule has 1 heterocycles.